The molecule has 108 valence electrons. The van der Waals surface area contributed by atoms with Crippen molar-refractivity contribution in [3.8, 4) is 0 Å². The topological polar surface area (TPSA) is 66.4 Å². The van der Waals surface area contributed by atoms with Gasteiger partial charge in [0.05, 0.1) is 16.8 Å². The number of aryl methyl sites for hydroxylation is 1. The lowest BCUT2D eigenvalue weighted by atomic mass is 10.1. The lowest BCUT2D eigenvalue weighted by molar-refractivity contribution is 0.0698. The number of amides is 1. The number of rotatable bonds is 3. The van der Waals surface area contributed by atoms with Crippen LogP contribution in [0.3, 0.4) is 0 Å². The van der Waals surface area contributed by atoms with E-state index in [1.807, 2.05) is 0 Å². The highest BCUT2D eigenvalue weighted by Gasteiger charge is 2.17. The summed E-state index contributed by atoms with van der Waals surface area (Å²) in [6.07, 6.45) is 0. The summed E-state index contributed by atoms with van der Waals surface area (Å²) in [6, 6.07) is 8.66. The minimum absolute atomic E-state index is 0.0409. The first-order valence-electron chi connectivity index (χ1n) is 5.99. The second-order valence-corrected chi connectivity index (χ2v) is 5.30. The average molecular weight is 352 g/mol. The molecule has 0 bridgehead atoms. The lowest BCUT2D eigenvalue weighted by Crippen LogP contribution is -2.17. The van der Waals surface area contributed by atoms with E-state index in [4.69, 9.17) is 5.11 Å². The van der Waals surface area contributed by atoms with Crippen molar-refractivity contribution in [1.82, 2.24) is 0 Å². The molecule has 2 aromatic rings. The number of para-hydroxylation sites is 1. The number of halogens is 2. The van der Waals surface area contributed by atoms with Crippen molar-refractivity contribution in [3.05, 3.63) is 63.4 Å². The van der Waals surface area contributed by atoms with Gasteiger partial charge < -0.3 is 10.4 Å². The number of hydrogen-bond acceptors (Lipinski definition) is 2. The largest absolute Gasteiger partial charge is 0.478 e. The molecule has 6 heteroatoms. The number of carbonyl (C=O) groups is 2. The Balaban J connectivity index is 2.38. The van der Waals surface area contributed by atoms with E-state index in [1.54, 1.807) is 19.1 Å². The molecule has 2 aromatic carbocycles. The third-order valence-electron chi connectivity index (χ3n) is 2.92. The SMILES string of the molecule is Cc1cccc(C(=O)O)c1NC(=O)c1ccc(Br)cc1F. The third-order valence-corrected chi connectivity index (χ3v) is 3.41. The Bertz CT molecular complexity index is 731. The van der Waals surface area contributed by atoms with E-state index in [0.29, 0.717) is 10.0 Å². The molecule has 0 radical (unpaired) electrons. The number of hydrogen-bond donors (Lipinski definition) is 2. The zero-order chi connectivity index (χ0) is 15.6. The van der Waals surface area contributed by atoms with Crippen molar-refractivity contribution in [1.29, 1.82) is 0 Å². The van der Waals surface area contributed by atoms with Crippen LogP contribution in [-0.2, 0) is 0 Å². The van der Waals surface area contributed by atoms with Gasteiger partial charge in [0.2, 0.25) is 0 Å². The van der Waals surface area contributed by atoms with Crippen LogP contribution in [0.4, 0.5) is 10.1 Å². The Morgan fingerprint density at radius 1 is 1.19 bits per heavy atom. The highest BCUT2D eigenvalue weighted by molar-refractivity contribution is 9.10. The summed E-state index contributed by atoms with van der Waals surface area (Å²) in [5, 5.41) is 11.6. The molecule has 1 amide bonds. The van der Waals surface area contributed by atoms with E-state index in [9.17, 15) is 14.0 Å². The number of carboxylic acids is 1. The van der Waals surface area contributed by atoms with Crippen molar-refractivity contribution >= 4 is 33.5 Å². The van der Waals surface area contributed by atoms with Crippen molar-refractivity contribution in [2.45, 2.75) is 6.92 Å². The predicted molar refractivity (Wildman–Crippen MR) is 80.2 cm³/mol. The van der Waals surface area contributed by atoms with Crippen LogP contribution in [0.15, 0.2) is 40.9 Å². The normalized spacial score (nSPS) is 10.2. The Labute approximate surface area is 128 Å². The Kier molecular flexibility index (Phi) is 4.37. The molecule has 2 N–H and O–H groups in total. The standard InChI is InChI=1S/C15H11BrFNO3/c1-8-3-2-4-11(15(20)21)13(8)18-14(19)10-6-5-9(16)7-12(10)17/h2-7H,1H3,(H,18,19)(H,20,21). The van der Waals surface area contributed by atoms with Crippen LogP contribution in [0.5, 0.6) is 0 Å². The van der Waals surface area contributed by atoms with Gasteiger partial charge in [-0.3, -0.25) is 4.79 Å². The fourth-order valence-corrected chi connectivity index (χ4v) is 2.20. The summed E-state index contributed by atoms with van der Waals surface area (Å²) in [4.78, 5) is 23.3. The summed E-state index contributed by atoms with van der Waals surface area (Å²) in [6.45, 7) is 1.67. The first kappa shape index (κ1) is 15.2. The van der Waals surface area contributed by atoms with Gasteiger partial charge in [-0.25, -0.2) is 9.18 Å². The smallest absolute Gasteiger partial charge is 0.337 e. The van der Waals surface area contributed by atoms with Crippen LogP contribution >= 0.6 is 15.9 Å². The number of anilines is 1. The van der Waals surface area contributed by atoms with Gasteiger partial charge >= 0.3 is 5.97 Å². The van der Waals surface area contributed by atoms with Crippen molar-refractivity contribution in [2.24, 2.45) is 0 Å². The van der Waals surface area contributed by atoms with Crippen LogP contribution < -0.4 is 5.32 Å². The monoisotopic (exact) mass is 351 g/mol. The van der Waals surface area contributed by atoms with Crippen molar-refractivity contribution < 1.29 is 19.1 Å². The van der Waals surface area contributed by atoms with E-state index in [0.717, 1.165) is 0 Å². The van der Waals surface area contributed by atoms with E-state index >= 15 is 0 Å². The van der Waals surface area contributed by atoms with Gasteiger partial charge in [0.15, 0.2) is 0 Å². The zero-order valence-electron chi connectivity index (χ0n) is 11.0. The molecule has 21 heavy (non-hydrogen) atoms. The van der Waals surface area contributed by atoms with Crippen molar-refractivity contribution in [3.63, 3.8) is 0 Å². The van der Waals surface area contributed by atoms with Gasteiger partial charge in [-0.1, -0.05) is 28.1 Å². The van der Waals surface area contributed by atoms with Gasteiger partial charge in [0.1, 0.15) is 5.82 Å². The van der Waals surface area contributed by atoms with Gasteiger partial charge in [-0.2, -0.15) is 0 Å². The van der Waals surface area contributed by atoms with Gasteiger partial charge in [0.25, 0.3) is 5.91 Å². The Morgan fingerprint density at radius 3 is 2.52 bits per heavy atom. The molecular formula is C15H11BrFNO3. The quantitative estimate of drug-likeness (QED) is 0.882. The van der Waals surface area contributed by atoms with E-state index in [1.165, 1.54) is 24.3 Å². The molecule has 4 nitrogen and oxygen atoms in total. The summed E-state index contributed by atoms with van der Waals surface area (Å²) >= 11 is 3.11. The molecule has 0 aliphatic rings. The molecule has 2 rings (SSSR count). The van der Waals surface area contributed by atoms with E-state index in [-0.39, 0.29) is 16.8 Å². The summed E-state index contributed by atoms with van der Waals surface area (Å²) in [5.41, 5.74) is 0.553. The molecule has 0 spiro atoms. The minimum Gasteiger partial charge on any atom is -0.478 e. The average Bonchev–Trinajstić information content (AvgIpc) is 2.40. The van der Waals surface area contributed by atoms with Gasteiger partial charge in [0, 0.05) is 4.47 Å². The molecular weight excluding hydrogens is 341 g/mol. The Hall–Kier alpha value is -2.21. The third kappa shape index (κ3) is 3.28. The number of nitrogens with one attached hydrogen (secondary N) is 1. The molecule has 0 aliphatic heterocycles. The first-order valence-corrected chi connectivity index (χ1v) is 6.78. The highest BCUT2D eigenvalue weighted by Crippen LogP contribution is 2.22. The molecule has 0 unspecified atom stereocenters. The first-order chi connectivity index (χ1) is 9.90. The van der Waals surface area contributed by atoms with E-state index in [2.05, 4.69) is 21.2 Å². The van der Waals surface area contributed by atoms with Crippen LogP contribution in [-0.4, -0.2) is 17.0 Å². The van der Waals surface area contributed by atoms with Crippen LogP contribution in [0.25, 0.3) is 0 Å². The lowest BCUT2D eigenvalue weighted by Gasteiger charge is -2.12. The molecule has 0 fully saturated rings. The molecule has 0 saturated heterocycles. The molecule has 0 aliphatic carbocycles. The Morgan fingerprint density at radius 2 is 1.90 bits per heavy atom. The van der Waals surface area contributed by atoms with Gasteiger partial charge in [-0.05, 0) is 36.8 Å². The highest BCUT2D eigenvalue weighted by atomic mass is 79.9. The maximum absolute atomic E-state index is 13.8. The second kappa shape index (κ2) is 6.05. The fourth-order valence-electron chi connectivity index (χ4n) is 1.87. The number of aromatic carboxylic acids is 1. The predicted octanol–water partition coefficient (Wildman–Crippen LogP) is 3.85. The molecule has 0 atom stereocenters. The van der Waals surface area contributed by atoms with Crippen molar-refractivity contribution in [2.75, 3.05) is 5.32 Å². The number of carboxylic acid groups (broad SMARTS) is 1. The summed E-state index contributed by atoms with van der Waals surface area (Å²) < 4.78 is 14.3. The van der Waals surface area contributed by atoms with Gasteiger partial charge in [-0.15, -0.1) is 0 Å². The summed E-state index contributed by atoms with van der Waals surface area (Å²) in [5.74, 6) is -2.55. The zero-order valence-corrected chi connectivity index (χ0v) is 12.6. The maximum Gasteiger partial charge on any atom is 0.337 e. The van der Waals surface area contributed by atoms with Crippen LogP contribution in [0.2, 0.25) is 0 Å². The molecule has 0 heterocycles. The maximum atomic E-state index is 13.8. The fraction of sp³-hybridized carbons (Fsp3) is 0.0667. The summed E-state index contributed by atoms with van der Waals surface area (Å²) in [7, 11) is 0. The van der Waals surface area contributed by atoms with E-state index < -0.39 is 17.7 Å². The molecule has 0 aromatic heterocycles. The molecule has 0 saturated carbocycles. The van der Waals surface area contributed by atoms with Crippen LogP contribution in [0.1, 0.15) is 26.3 Å². The number of carbonyl (C=O) groups excluding carboxylic acids is 1. The number of benzene rings is 2. The van der Waals surface area contributed by atoms with Crippen LogP contribution in [0, 0.1) is 12.7 Å². The second-order valence-electron chi connectivity index (χ2n) is 4.38. The minimum atomic E-state index is -1.16.